The monoisotopic (exact) mass is 358 g/mol. The Morgan fingerprint density at radius 2 is 1.84 bits per heavy atom. The zero-order valence-corrected chi connectivity index (χ0v) is 15.7. The average molecular weight is 358 g/mol. The van der Waals surface area contributed by atoms with Crippen LogP contribution in [-0.4, -0.2) is 40.3 Å². The van der Waals surface area contributed by atoms with Gasteiger partial charge in [-0.05, 0) is 36.8 Å². The van der Waals surface area contributed by atoms with E-state index in [1.54, 1.807) is 12.1 Å². The van der Waals surface area contributed by atoms with Crippen LogP contribution < -0.4 is 0 Å². The molecule has 2 heterocycles. The van der Waals surface area contributed by atoms with Gasteiger partial charge in [0, 0.05) is 26.3 Å². The van der Waals surface area contributed by atoms with Crippen LogP contribution >= 0.6 is 0 Å². The van der Waals surface area contributed by atoms with E-state index in [1.165, 1.54) is 10.5 Å². The molecule has 3 aromatic rings. The largest absolute Gasteiger partial charge is 0.326 e. The van der Waals surface area contributed by atoms with Crippen molar-refractivity contribution in [2.24, 2.45) is 7.05 Å². The van der Waals surface area contributed by atoms with Crippen molar-refractivity contribution in [3.05, 3.63) is 42.1 Å². The van der Waals surface area contributed by atoms with E-state index < -0.39 is 10.0 Å². The Morgan fingerprint density at radius 3 is 2.44 bits per heavy atom. The lowest BCUT2D eigenvalue weighted by atomic mass is 10.2. The minimum atomic E-state index is -3.50. The molecule has 132 valence electrons. The summed E-state index contributed by atoms with van der Waals surface area (Å²) in [5, 5.41) is 0. The first-order valence-corrected chi connectivity index (χ1v) is 9.72. The molecule has 0 amide bonds. The lowest BCUT2D eigenvalue weighted by Gasteiger charge is -2.18. The lowest BCUT2D eigenvalue weighted by Crippen LogP contribution is -2.30. The van der Waals surface area contributed by atoms with E-state index in [0.717, 1.165) is 16.6 Å². The fourth-order valence-electron chi connectivity index (χ4n) is 2.92. The first-order valence-electron chi connectivity index (χ1n) is 8.28. The minimum absolute atomic E-state index is 0.203. The van der Waals surface area contributed by atoms with Crippen LogP contribution in [0.15, 0.2) is 41.4 Å². The Morgan fingerprint density at radius 1 is 1.12 bits per heavy atom. The van der Waals surface area contributed by atoms with Gasteiger partial charge in [0.1, 0.15) is 10.6 Å². The molecule has 2 aromatic heterocycles. The SMILES string of the molecule is CCN(CC)S(=O)(=O)c1ccc(-c2nc3cc(C)ccc3n2C)nc1. The van der Waals surface area contributed by atoms with E-state index in [1.807, 2.05) is 50.6 Å². The van der Waals surface area contributed by atoms with E-state index >= 15 is 0 Å². The Bertz CT molecular complexity index is 1000. The molecule has 6 nitrogen and oxygen atoms in total. The molecule has 0 aliphatic carbocycles. The van der Waals surface area contributed by atoms with E-state index in [4.69, 9.17) is 0 Å². The maximum atomic E-state index is 12.6. The van der Waals surface area contributed by atoms with Crippen LogP contribution in [0.5, 0.6) is 0 Å². The summed E-state index contributed by atoms with van der Waals surface area (Å²) in [4.78, 5) is 9.20. The summed E-state index contributed by atoms with van der Waals surface area (Å²) >= 11 is 0. The van der Waals surface area contributed by atoms with Crippen LogP contribution in [-0.2, 0) is 17.1 Å². The zero-order chi connectivity index (χ0) is 18.2. The van der Waals surface area contributed by atoms with Crippen LogP contribution in [0.1, 0.15) is 19.4 Å². The van der Waals surface area contributed by atoms with E-state index in [-0.39, 0.29) is 4.90 Å². The van der Waals surface area contributed by atoms with Gasteiger partial charge in [0.05, 0.1) is 11.0 Å². The third-order valence-corrected chi connectivity index (χ3v) is 6.38. The Kier molecular flexibility index (Phi) is 4.62. The molecular weight excluding hydrogens is 336 g/mol. The number of nitrogens with zero attached hydrogens (tertiary/aromatic N) is 4. The predicted octanol–water partition coefficient (Wildman–Crippen LogP) is 2.97. The molecule has 0 radical (unpaired) electrons. The molecule has 0 fully saturated rings. The normalized spacial score (nSPS) is 12.2. The number of aromatic nitrogens is 3. The quantitative estimate of drug-likeness (QED) is 0.703. The number of sulfonamides is 1. The maximum absolute atomic E-state index is 12.6. The minimum Gasteiger partial charge on any atom is -0.326 e. The Balaban J connectivity index is 2.02. The second-order valence-corrected chi connectivity index (χ2v) is 7.89. The van der Waals surface area contributed by atoms with E-state index in [2.05, 4.69) is 9.97 Å². The number of hydrogen-bond donors (Lipinski definition) is 0. The van der Waals surface area contributed by atoms with Crippen molar-refractivity contribution < 1.29 is 8.42 Å². The number of imidazole rings is 1. The van der Waals surface area contributed by atoms with E-state index in [9.17, 15) is 8.42 Å². The van der Waals surface area contributed by atoms with Crippen LogP contribution in [0, 0.1) is 6.92 Å². The molecule has 0 atom stereocenters. The van der Waals surface area contributed by atoms with Gasteiger partial charge in [-0.2, -0.15) is 4.31 Å². The number of rotatable bonds is 5. The van der Waals surface area contributed by atoms with Gasteiger partial charge in [0.15, 0.2) is 5.82 Å². The molecule has 0 spiro atoms. The van der Waals surface area contributed by atoms with Gasteiger partial charge in [-0.1, -0.05) is 19.9 Å². The highest BCUT2D eigenvalue weighted by atomic mass is 32.2. The smallest absolute Gasteiger partial charge is 0.244 e. The highest BCUT2D eigenvalue weighted by Gasteiger charge is 2.22. The standard InChI is InChI=1S/C18H22N4O2S/c1-5-22(6-2)25(23,24)14-8-9-15(19-12-14)18-20-16-11-13(3)7-10-17(16)21(18)4/h7-12H,5-6H2,1-4H3. The van der Waals surface area contributed by atoms with Crippen LogP contribution in [0.25, 0.3) is 22.6 Å². The first-order chi connectivity index (χ1) is 11.9. The summed E-state index contributed by atoms with van der Waals surface area (Å²) in [6, 6.07) is 9.41. The van der Waals surface area contributed by atoms with Gasteiger partial charge in [-0.25, -0.2) is 13.4 Å². The molecule has 0 unspecified atom stereocenters. The van der Waals surface area contributed by atoms with Gasteiger partial charge < -0.3 is 4.57 Å². The van der Waals surface area contributed by atoms with Crippen molar-refractivity contribution in [3.63, 3.8) is 0 Å². The molecular formula is C18H22N4O2S. The van der Waals surface area contributed by atoms with Crippen LogP contribution in [0.2, 0.25) is 0 Å². The summed E-state index contributed by atoms with van der Waals surface area (Å²) in [5.41, 5.74) is 3.71. The molecule has 0 saturated carbocycles. The van der Waals surface area contributed by atoms with Gasteiger partial charge in [0.2, 0.25) is 10.0 Å². The Hall–Kier alpha value is -2.25. The summed E-state index contributed by atoms with van der Waals surface area (Å²) in [5.74, 6) is 0.715. The molecule has 0 N–H and O–H groups in total. The van der Waals surface area contributed by atoms with Crippen molar-refractivity contribution in [2.75, 3.05) is 13.1 Å². The summed E-state index contributed by atoms with van der Waals surface area (Å²) in [7, 11) is -1.56. The maximum Gasteiger partial charge on any atom is 0.244 e. The summed E-state index contributed by atoms with van der Waals surface area (Å²) in [6.45, 7) is 6.54. The molecule has 25 heavy (non-hydrogen) atoms. The molecule has 0 aliphatic rings. The first kappa shape index (κ1) is 17.6. The Labute approximate surface area is 148 Å². The fourth-order valence-corrected chi connectivity index (χ4v) is 4.32. The average Bonchev–Trinajstić information content (AvgIpc) is 2.92. The number of fused-ring (bicyclic) bond motifs is 1. The van der Waals surface area contributed by atoms with Crippen LogP contribution in [0.4, 0.5) is 0 Å². The van der Waals surface area contributed by atoms with Gasteiger partial charge in [-0.15, -0.1) is 0 Å². The summed E-state index contributed by atoms with van der Waals surface area (Å²) < 4.78 is 28.5. The van der Waals surface area contributed by atoms with Crippen molar-refractivity contribution in [1.82, 2.24) is 18.8 Å². The predicted molar refractivity (Wildman–Crippen MR) is 98.8 cm³/mol. The molecule has 0 aliphatic heterocycles. The van der Waals surface area contributed by atoms with Gasteiger partial charge >= 0.3 is 0 Å². The molecule has 7 heteroatoms. The van der Waals surface area contributed by atoms with Gasteiger partial charge in [0.25, 0.3) is 0 Å². The van der Waals surface area contributed by atoms with Crippen molar-refractivity contribution in [2.45, 2.75) is 25.7 Å². The third kappa shape index (κ3) is 3.05. The van der Waals surface area contributed by atoms with Crippen molar-refractivity contribution >= 4 is 21.1 Å². The zero-order valence-electron chi connectivity index (χ0n) is 14.9. The highest BCUT2D eigenvalue weighted by molar-refractivity contribution is 7.89. The van der Waals surface area contributed by atoms with E-state index in [0.29, 0.717) is 24.6 Å². The molecule has 0 saturated heterocycles. The second kappa shape index (κ2) is 6.57. The fraction of sp³-hybridized carbons (Fsp3) is 0.333. The highest BCUT2D eigenvalue weighted by Crippen LogP contribution is 2.24. The molecule has 3 rings (SSSR count). The van der Waals surface area contributed by atoms with Gasteiger partial charge in [-0.3, -0.25) is 4.98 Å². The number of hydrogen-bond acceptors (Lipinski definition) is 4. The molecule has 0 bridgehead atoms. The third-order valence-electron chi connectivity index (χ3n) is 4.34. The van der Waals surface area contributed by atoms with Crippen LogP contribution in [0.3, 0.4) is 0 Å². The van der Waals surface area contributed by atoms with Crippen molar-refractivity contribution in [3.8, 4) is 11.5 Å². The lowest BCUT2D eigenvalue weighted by molar-refractivity contribution is 0.445. The summed E-state index contributed by atoms with van der Waals surface area (Å²) in [6.07, 6.45) is 1.41. The number of benzene rings is 1. The molecule has 1 aromatic carbocycles. The second-order valence-electron chi connectivity index (χ2n) is 5.96. The van der Waals surface area contributed by atoms with Crippen molar-refractivity contribution in [1.29, 1.82) is 0 Å². The number of aryl methyl sites for hydroxylation is 2. The number of pyridine rings is 1. The topological polar surface area (TPSA) is 68.1 Å².